The first-order valence-electron chi connectivity index (χ1n) is 5.72. The fourth-order valence-electron chi connectivity index (χ4n) is 1.73. The van der Waals surface area contributed by atoms with Gasteiger partial charge < -0.3 is 5.11 Å². The Balaban J connectivity index is 2.20. The second-order valence-electron chi connectivity index (χ2n) is 4.00. The molecule has 2 aromatic carbocycles. The highest BCUT2D eigenvalue weighted by Crippen LogP contribution is 2.37. The zero-order valence-corrected chi connectivity index (χ0v) is 10.6. The van der Waals surface area contributed by atoms with Crippen LogP contribution in [0.4, 0.5) is 0 Å². The van der Waals surface area contributed by atoms with Crippen molar-refractivity contribution >= 4 is 11.8 Å². The molecule has 0 radical (unpaired) electrons. The summed E-state index contributed by atoms with van der Waals surface area (Å²) in [5, 5.41) is 9.99. The molecule has 2 atom stereocenters. The Hall–Kier alpha value is -1.25. The van der Waals surface area contributed by atoms with Gasteiger partial charge in [-0.15, -0.1) is 11.8 Å². The number of thioether (sulfide) groups is 1. The summed E-state index contributed by atoms with van der Waals surface area (Å²) in [7, 11) is 0. The topological polar surface area (TPSA) is 20.2 Å². The van der Waals surface area contributed by atoms with E-state index in [9.17, 15) is 5.11 Å². The molecule has 0 aromatic heterocycles. The first-order chi connectivity index (χ1) is 8.27. The van der Waals surface area contributed by atoms with Crippen LogP contribution in [0.25, 0.3) is 0 Å². The second kappa shape index (κ2) is 5.89. The molecule has 0 bridgehead atoms. The summed E-state index contributed by atoms with van der Waals surface area (Å²) in [6, 6.07) is 20.3. The summed E-state index contributed by atoms with van der Waals surface area (Å²) in [5.74, 6) is 0. The largest absolute Gasteiger partial charge is 0.392 e. The van der Waals surface area contributed by atoms with Crippen molar-refractivity contribution in [3.8, 4) is 0 Å². The van der Waals surface area contributed by atoms with E-state index in [-0.39, 0.29) is 11.4 Å². The van der Waals surface area contributed by atoms with Gasteiger partial charge in [0.1, 0.15) is 0 Å². The summed E-state index contributed by atoms with van der Waals surface area (Å²) in [6.45, 7) is 1.84. The molecule has 17 heavy (non-hydrogen) atoms. The molecule has 1 nitrogen and oxygen atoms in total. The van der Waals surface area contributed by atoms with Crippen LogP contribution < -0.4 is 0 Å². The average molecular weight is 244 g/mol. The van der Waals surface area contributed by atoms with Crippen molar-refractivity contribution in [3.63, 3.8) is 0 Å². The van der Waals surface area contributed by atoms with Crippen molar-refractivity contribution in [1.82, 2.24) is 0 Å². The lowest BCUT2D eigenvalue weighted by atomic mass is 10.1. The van der Waals surface area contributed by atoms with E-state index in [0.29, 0.717) is 0 Å². The standard InChI is InChI=1S/C15H16OS/c1-12(16)15(13-8-4-2-5-9-13)17-14-10-6-3-7-11-14/h2-12,15-16H,1H3. The van der Waals surface area contributed by atoms with Gasteiger partial charge in [0.05, 0.1) is 11.4 Å². The van der Waals surface area contributed by atoms with Crippen molar-refractivity contribution in [1.29, 1.82) is 0 Å². The highest BCUT2D eigenvalue weighted by molar-refractivity contribution is 7.99. The molecule has 2 unspecified atom stereocenters. The third-order valence-corrected chi connectivity index (χ3v) is 4.04. The van der Waals surface area contributed by atoms with Crippen LogP contribution in [0.3, 0.4) is 0 Å². The predicted octanol–water partition coefficient (Wildman–Crippen LogP) is 3.90. The van der Waals surface area contributed by atoms with E-state index < -0.39 is 0 Å². The van der Waals surface area contributed by atoms with E-state index >= 15 is 0 Å². The van der Waals surface area contributed by atoms with E-state index in [0.717, 1.165) is 5.56 Å². The molecular weight excluding hydrogens is 228 g/mol. The lowest BCUT2D eigenvalue weighted by Gasteiger charge is -2.19. The summed E-state index contributed by atoms with van der Waals surface area (Å²) in [6.07, 6.45) is -0.373. The summed E-state index contributed by atoms with van der Waals surface area (Å²) >= 11 is 1.70. The average Bonchev–Trinajstić information content (AvgIpc) is 2.38. The zero-order valence-electron chi connectivity index (χ0n) is 9.78. The predicted molar refractivity (Wildman–Crippen MR) is 73.2 cm³/mol. The maximum atomic E-state index is 9.91. The smallest absolute Gasteiger partial charge is 0.0675 e. The number of aliphatic hydroxyl groups is 1. The number of hydrogen-bond acceptors (Lipinski definition) is 2. The Morgan fingerprint density at radius 1 is 0.882 bits per heavy atom. The van der Waals surface area contributed by atoms with Gasteiger partial charge in [0.2, 0.25) is 0 Å². The van der Waals surface area contributed by atoms with Crippen molar-refractivity contribution in [2.75, 3.05) is 0 Å². The van der Waals surface area contributed by atoms with Crippen LogP contribution in [0.2, 0.25) is 0 Å². The molecule has 0 saturated heterocycles. The molecule has 0 spiro atoms. The van der Waals surface area contributed by atoms with Crippen molar-refractivity contribution in [2.24, 2.45) is 0 Å². The molecule has 88 valence electrons. The molecule has 2 aromatic rings. The van der Waals surface area contributed by atoms with E-state index in [1.165, 1.54) is 4.90 Å². The van der Waals surface area contributed by atoms with Gasteiger partial charge in [-0.3, -0.25) is 0 Å². The quantitative estimate of drug-likeness (QED) is 0.823. The molecule has 0 aliphatic rings. The Morgan fingerprint density at radius 2 is 1.41 bits per heavy atom. The van der Waals surface area contributed by atoms with Crippen LogP contribution in [0.15, 0.2) is 65.6 Å². The number of rotatable bonds is 4. The zero-order chi connectivity index (χ0) is 12.1. The van der Waals surface area contributed by atoms with E-state index in [4.69, 9.17) is 0 Å². The monoisotopic (exact) mass is 244 g/mol. The van der Waals surface area contributed by atoms with E-state index in [1.807, 2.05) is 43.3 Å². The van der Waals surface area contributed by atoms with Gasteiger partial charge in [0, 0.05) is 4.90 Å². The van der Waals surface area contributed by atoms with Crippen molar-refractivity contribution < 1.29 is 5.11 Å². The number of aliphatic hydroxyl groups excluding tert-OH is 1. The van der Waals surface area contributed by atoms with Gasteiger partial charge in [0.25, 0.3) is 0 Å². The second-order valence-corrected chi connectivity index (χ2v) is 5.22. The highest BCUT2D eigenvalue weighted by atomic mass is 32.2. The summed E-state index contributed by atoms with van der Waals surface area (Å²) in [5.41, 5.74) is 1.16. The van der Waals surface area contributed by atoms with E-state index in [2.05, 4.69) is 24.3 Å². The Labute approximate surface area is 107 Å². The molecule has 0 aliphatic heterocycles. The van der Waals surface area contributed by atoms with Crippen LogP contribution in [0.5, 0.6) is 0 Å². The Kier molecular flexibility index (Phi) is 4.24. The molecule has 2 rings (SSSR count). The lowest BCUT2D eigenvalue weighted by Crippen LogP contribution is -2.11. The Bertz CT molecular complexity index is 439. The first-order valence-corrected chi connectivity index (χ1v) is 6.60. The van der Waals surface area contributed by atoms with Crippen LogP contribution in [0, 0.1) is 0 Å². The van der Waals surface area contributed by atoms with Crippen LogP contribution in [-0.4, -0.2) is 11.2 Å². The fourth-order valence-corrected chi connectivity index (χ4v) is 2.83. The van der Waals surface area contributed by atoms with Gasteiger partial charge in [-0.25, -0.2) is 0 Å². The Morgan fingerprint density at radius 3 is 1.94 bits per heavy atom. The number of benzene rings is 2. The molecular formula is C15H16OS. The van der Waals surface area contributed by atoms with Crippen LogP contribution >= 0.6 is 11.8 Å². The first kappa shape index (κ1) is 12.2. The SMILES string of the molecule is CC(O)C(Sc1ccccc1)c1ccccc1. The molecule has 0 amide bonds. The summed E-state index contributed by atoms with van der Waals surface area (Å²) < 4.78 is 0. The number of hydrogen-bond donors (Lipinski definition) is 1. The van der Waals surface area contributed by atoms with Gasteiger partial charge in [-0.2, -0.15) is 0 Å². The van der Waals surface area contributed by atoms with Crippen LogP contribution in [-0.2, 0) is 0 Å². The molecule has 0 heterocycles. The van der Waals surface area contributed by atoms with E-state index in [1.54, 1.807) is 11.8 Å². The minimum atomic E-state index is -0.373. The summed E-state index contributed by atoms with van der Waals surface area (Å²) in [4.78, 5) is 1.18. The minimum Gasteiger partial charge on any atom is -0.392 e. The van der Waals surface area contributed by atoms with Crippen molar-refractivity contribution in [2.45, 2.75) is 23.2 Å². The van der Waals surface area contributed by atoms with Gasteiger partial charge in [0.15, 0.2) is 0 Å². The van der Waals surface area contributed by atoms with Gasteiger partial charge in [-0.05, 0) is 24.6 Å². The highest BCUT2D eigenvalue weighted by Gasteiger charge is 2.18. The molecule has 2 heteroatoms. The molecule has 0 fully saturated rings. The normalized spacial score (nSPS) is 14.2. The minimum absolute atomic E-state index is 0.0820. The van der Waals surface area contributed by atoms with Gasteiger partial charge in [-0.1, -0.05) is 48.5 Å². The third kappa shape index (κ3) is 3.35. The molecule has 0 aliphatic carbocycles. The lowest BCUT2D eigenvalue weighted by molar-refractivity contribution is 0.192. The maximum absolute atomic E-state index is 9.91. The molecule has 1 N–H and O–H groups in total. The van der Waals surface area contributed by atoms with Crippen LogP contribution in [0.1, 0.15) is 17.7 Å². The van der Waals surface area contributed by atoms with Gasteiger partial charge >= 0.3 is 0 Å². The third-order valence-electron chi connectivity index (χ3n) is 2.57. The fraction of sp³-hybridized carbons (Fsp3) is 0.200. The maximum Gasteiger partial charge on any atom is 0.0675 e. The molecule has 0 saturated carbocycles. The van der Waals surface area contributed by atoms with Crippen molar-refractivity contribution in [3.05, 3.63) is 66.2 Å².